The Hall–Kier alpha value is -1.93. The topological polar surface area (TPSA) is 91.4 Å². The maximum atomic E-state index is 13.8. The molecule has 3 rings (SSSR count). The highest BCUT2D eigenvalue weighted by molar-refractivity contribution is 9.10. The molecule has 22 heavy (non-hydrogen) atoms. The van der Waals surface area contributed by atoms with E-state index in [9.17, 15) is 19.1 Å². The monoisotopic (exact) mass is 370 g/mol. The van der Waals surface area contributed by atoms with E-state index in [0.29, 0.717) is 9.99 Å². The summed E-state index contributed by atoms with van der Waals surface area (Å²) < 4.78 is 19.5. The molecule has 0 bridgehead atoms. The van der Waals surface area contributed by atoms with Gasteiger partial charge in [0.1, 0.15) is 11.5 Å². The van der Waals surface area contributed by atoms with Crippen LogP contribution in [0.2, 0.25) is 0 Å². The van der Waals surface area contributed by atoms with Crippen LogP contribution in [0.4, 0.5) is 4.39 Å². The van der Waals surface area contributed by atoms with E-state index < -0.39 is 23.2 Å². The normalized spacial score (nSPS) is 21.2. The van der Waals surface area contributed by atoms with Gasteiger partial charge in [0.15, 0.2) is 5.54 Å². The van der Waals surface area contributed by atoms with E-state index in [4.69, 9.17) is 4.74 Å². The van der Waals surface area contributed by atoms with E-state index >= 15 is 0 Å². The number of rotatable bonds is 3. The van der Waals surface area contributed by atoms with E-state index in [1.54, 1.807) is 6.07 Å². The average molecular weight is 371 g/mol. The summed E-state index contributed by atoms with van der Waals surface area (Å²) in [6.07, 6.45) is 0.189. The molecule has 2 heterocycles. The first kappa shape index (κ1) is 15.0. The van der Waals surface area contributed by atoms with E-state index in [1.165, 1.54) is 12.1 Å². The Morgan fingerprint density at radius 1 is 1.41 bits per heavy atom. The molecule has 1 aliphatic rings. The van der Waals surface area contributed by atoms with Crippen LogP contribution in [0.25, 0.3) is 10.9 Å². The fourth-order valence-corrected chi connectivity index (χ4v) is 2.88. The first-order valence-corrected chi connectivity index (χ1v) is 7.32. The van der Waals surface area contributed by atoms with Crippen molar-refractivity contribution in [3.05, 3.63) is 34.2 Å². The highest BCUT2D eigenvalue weighted by Crippen LogP contribution is 2.25. The van der Waals surface area contributed by atoms with E-state index in [0.717, 1.165) is 0 Å². The van der Waals surface area contributed by atoms with Gasteiger partial charge in [-0.15, -0.1) is 0 Å². The molecule has 0 radical (unpaired) electrons. The quantitative estimate of drug-likeness (QED) is 0.770. The summed E-state index contributed by atoms with van der Waals surface area (Å²) in [5.74, 6) is -2.24. The van der Waals surface area contributed by atoms with Crippen molar-refractivity contribution in [2.45, 2.75) is 12.0 Å². The maximum Gasteiger partial charge on any atom is 0.331 e. The van der Waals surface area contributed by atoms with Crippen LogP contribution in [0, 0.1) is 5.82 Å². The van der Waals surface area contributed by atoms with Crippen LogP contribution in [0.1, 0.15) is 16.9 Å². The third-order valence-corrected chi connectivity index (χ3v) is 4.14. The van der Waals surface area contributed by atoms with Gasteiger partial charge in [0.25, 0.3) is 5.91 Å². The first-order valence-electron chi connectivity index (χ1n) is 6.53. The number of carbonyl (C=O) groups excluding carboxylic acids is 1. The van der Waals surface area contributed by atoms with Crippen LogP contribution in [0.15, 0.2) is 22.7 Å². The van der Waals surface area contributed by atoms with Gasteiger partial charge in [0.05, 0.1) is 12.1 Å². The predicted octanol–water partition coefficient (Wildman–Crippen LogP) is 2.04. The fraction of sp³-hybridized carbons (Fsp3) is 0.286. The zero-order valence-corrected chi connectivity index (χ0v) is 12.9. The average Bonchev–Trinajstić information content (AvgIpc) is 3.05. The van der Waals surface area contributed by atoms with Crippen molar-refractivity contribution >= 4 is 38.7 Å². The molecular weight excluding hydrogens is 359 g/mol. The van der Waals surface area contributed by atoms with Gasteiger partial charge >= 0.3 is 5.97 Å². The van der Waals surface area contributed by atoms with Gasteiger partial charge in [-0.25, -0.2) is 9.18 Å². The van der Waals surface area contributed by atoms with Gasteiger partial charge in [0.2, 0.25) is 0 Å². The van der Waals surface area contributed by atoms with Crippen molar-refractivity contribution in [3.63, 3.8) is 0 Å². The minimum Gasteiger partial charge on any atom is -0.479 e. The Kier molecular flexibility index (Phi) is 3.65. The van der Waals surface area contributed by atoms with E-state index in [-0.39, 0.29) is 30.7 Å². The molecule has 1 fully saturated rings. The molecule has 8 heteroatoms. The van der Waals surface area contributed by atoms with Gasteiger partial charge in [-0.1, -0.05) is 15.9 Å². The molecule has 1 aromatic heterocycles. The summed E-state index contributed by atoms with van der Waals surface area (Å²) in [5, 5.41) is 12.0. The van der Waals surface area contributed by atoms with Gasteiger partial charge in [-0.3, -0.25) is 4.79 Å². The summed E-state index contributed by atoms with van der Waals surface area (Å²) in [6, 6.07) is 4.29. The molecule has 1 amide bonds. The number of aliphatic carboxylic acids is 1. The van der Waals surface area contributed by atoms with Crippen molar-refractivity contribution in [3.8, 4) is 0 Å². The molecule has 1 atom stereocenters. The SMILES string of the molecule is O=C(NC1(C(=O)O)CCOC1)c1cc2c(F)cc(Br)cc2[nH]1. The van der Waals surface area contributed by atoms with Gasteiger partial charge in [-0.05, 0) is 18.2 Å². The number of hydrogen-bond donors (Lipinski definition) is 3. The fourth-order valence-electron chi connectivity index (χ4n) is 2.45. The molecule has 3 N–H and O–H groups in total. The first-order chi connectivity index (χ1) is 10.4. The Balaban J connectivity index is 1.92. The largest absolute Gasteiger partial charge is 0.479 e. The maximum absolute atomic E-state index is 13.8. The molecule has 0 aliphatic carbocycles. The minimum atomic E-state index is -1.44. The number of carboxylic acid groups (broad SMARTS) is 1. The van der Waals surface area contributed by atoms with Crippen LogP contribution in [-0.2, 0) is 9.53 Å². The van der Waals surface area contributed by atoms with Crippen LogP contribution in [-0.4, -0.2) is 40.7 Å². The van der Waals surface area contributed by atoms with Gasteiger partial charge in [0, 0.05) is 22.9 Å². The zero-order valence-electron chi connectivity index (χ0n) is 11.3. The van der Waals surface area contributed by atoms with Crippen LogP contribution >= 0.6 is 15.9 Å². The van der Waals surface area contributed by atoms with E-state index in [2.05, 4.69) is 26.2 Å². The Morgan fingerprint density at radius 2 is 2.18 bits per heavy atom. The van der Waals surface area contributed by atoms with Crippen LogP contribution in [0.3, 0.4) is 0 Å². The molecular formula is C14H12BrFN2O4. The number of H-pyrrole nitrogens is 1. The van der Waals surface area contributed by atoms with Gasteiger partial charge < -0.3 is 20.1 Å². The third kappa shape index (κ3) is 2.48. The number of ether oxygens (including phenoxy) is 1. The van der Waals surface area contributed by atoms with Crippen molar-refractivity contribution in [2.75, 3.05) is 13.2 Å². The number of aromatic amines is 1. The lowest BCUT2D eigenvalue weighted by Crippen LogP contribution is -2.55. The zero-order chi connectivity index (χ0) is 15.9. The molecule has 0 saturated carbocycles. The highest BCUT2D eigenvalue weighted by Gasteiger charge is 2.44. The summed E-state index contributed by atoms with van der Waals surface area (Å²) >= 11 is 3.17. The van der Waals surface area contributed by atoms with Crippen LogP contribution in [0.5, 0.6) is 0 Å². The Labute approximate surface area is 132 Å². The molecule has 0 spiro atoms. The Morgan fingerprint density at radius 3 is 2.82 bits per heavy atom. The lowest BCUT2D eigenvalue weighted by atomic mass is 9.99. The summed E-state index contributed by atoms with van der Waals surface area (Å²) in [4.78, 5) is 26.5. The van der Waals surface area contributed by atoms with Crippen molar-refractivity contribution in [1.29, 1.82) is 0 Å². The molecule has 116 valence electrons. The summed E-state index contributed by atoms with van der Waals surface area (Å²) in [6.45, 7) is 0.176. The number of carboxylic acids is 1. The Bertz CT molecular complexity index is 768. The highest BCUT2D eigenvalue weighted by atomic mass is 79.9. The smallest absolute Gasteiger partial charge is 0.331 e. The molecule has 2 aromatic rings. The molecule has 1 aromatic carbocycles. The van der Waals surface area contributed by atoms with Crippen molar-refractivity contribution in [2.24, 2.45) is 0 Å². The number of benzene rings is 1. The number of fused-ring (bicyclic) bond motifs is 1. The summed E-state index contributed by atoms with van der Waals surface area (Å²) in [7, 11) is 0. The lowest BCUT2D eigenvalue weighted by Gasteiger charge is -2.23. The second kappa shape index (κ2) is 5.36. The molecule has 1 unspecified atom stereocenters. The predicted molar refractivity (Wildman–Crippen MR) is 79.2 cm³/mol. The molecule has 1 aliphatic heterocycles. The van der Waals surface area contributed by atoms with Crippen LogP contribution < -0.4 is 5.32 Å². The molecule has 1 saturated heterocycles. The number of hydrogen-bond acceptors (Lipinski definition) is 3. The van der Waals surface area contributed by atoms with Crippen molar-refractivity contribution < 1.29 is 23.8 Å². The number of halogens is 2. The second-order valence-electron chi connectivity index (χ2n) is 5.18. The number of aromatic nitrogens is 1. The van der Waals surface area contributed by atoms with Gasteiger partial charge in [-0.2, -0.15) is 0 Å². The number of nitrogens with one attached hydrogen (secondary N) is 2. The standard InChI is InChI=1S/C14H12BrFN2O4/c15-7-3-9(16)8-5-11(17-10(8)4-7)12(19)18-14(13(20)21)1-2-22-6-14/h3-5,17H,1-2,6H2,(H,18,19)(H,20,21). The minimum absolute atomic E-state index is 0.0891. The second-order valence-corrected chi connectivity index (χ2v) is 6.09. The number of amides is 1. The lowest BCUT2D eigenvalue weighted by molar-refractivity contribution is -0.144. The van der Waals surface area contributed by atoms with Crippen molar-refractivity contribution in [1.82, 2.24) is 10.3 Å². The number of carbonyl (C=O) groups is 2. The van der Waals surface area contributed by atoms with E-state index in [1.807, 2.05) is 0 Å². The molecule has 6 nitrogen and oxygen atoms in total. The summed E-state index contributed by atoms with van der Waals surface area (Å²) in [5.41, 5.74) is -0.892. The third-order valence-electron chi connectivity index (χ3n) is 3.68.